The van der Waals surface area contributed by atoms with Gasteiger partial charge in [0.25, 0.3) is 5.69 Å². The van der Waals surface area contributed by atoms with Gasteiger partial charge in [-0.3, -0.25) is 15.0 Å². The molecule has 0 atom stereocenters. The number of rotatable bonds is 6. The minimum atomic E-state index is -0.368. The summed E-state index contributed by atoms with van der Waals surface area (Å²) in [7, 11) is 0. The Bertz CT molecular complexity index is 647. The zero-order chi connectivity index (χ0) is 16.9. The van der Waals surface area contributed by atoms with Crippen LogP contribution in [0.15, 0.2) is 47.1 Å². The molecule has 2 aromatic rings. The number of hydrogen-bond donors (Lipinski definition) is 1. The Morgan fingerprint density at radius 3 is 2.42 bits per heavy atom. The molecular weight excluding hydrogens is 306 g/mol. The van der Waals surface area contributed by atoms with Gasteiger partial charge in [0.05, 0.1) is 17.7 Å². The standard InChI is InChI=1S/C18H23N3O3/c19-15-5-9-16(10-6-15)20(13-18-2-1-11-24-18)12-14-3-7-17(8-4-14)21(22)23/h1-4,7-8,11,15-16H,5-6,9-10,12-13,19H2. The van der Waals surface area contributed by atoms with Crippen LogP contribution in [-0.2, 0) is 13.1 Å². The lowest BCUT2D eigenvalue weighted by atomic mass is 9.90. The smallest absolute Gasteiger partial charge is 0.269 e. The first kappa shape index (κ1) is 16.7. The van der Waals surface area contributed by atoms with E-state index in [-0.39, 0.29) is 10.6 Å². The van der Waals surface area contributed by atoms with E-state index in [4.69, 9.17) is 10.2 Å². The monoisotopic (exact) mass is 329 g/mol. The first-order valence-electron chi connectivity index (χ1n) is 8.37. The molecular formula is C18H23N3O3. The highest BCUT2D eigenvalue weighted by molar-refractivity contribution is 5.32. The van der Waals surface area contributed by atoms with Gasteiger partial charge in [0.15, 0.2) is 0 Å². The lowest BCUT2D eigenvalue weighted by molar-refractivity contribution is -0.384. The molecule has 1 saturated carbocycles. The molecule has 1 heterocycles. The number of non-ortho nitro benzene ring substituents is 1. The third-order valence-corrected chi connectivity index (χ3v) is 4.73. The van der Waals surface area contributed by atoms with Crippen molar-refractivity contribution in [1.29, 1.82) is 0 Å². The Morgan fingerprint density at radius 1 is 1.12 bits per heavy atom. The highest BCUT2D eigenvalue weighted by Gasteiger charge is 2.25. The van der Waals surface area contributed by atoms with Crippen molar-refractivity contribution in [1.82, 2.24) is 4.90 Å². The van der Waals surface area contributed by atoms with Crippen molar-refractivity contribution in [2.75, 3.05) is 0 Å². The second-order valence-electron chi connectivity index (χ2n) is 6.48. The quantitative estimate of drug-likeness (QED) is 0.648. The van der Waals surface area contributed by atoms with Crippen LogP contribution in [0, 0.1) is 10.1 Å². The van der Waals surface area contributed by atoms with Crippen LogP contribution in [0.4, 0.5) is 5.69 Å². The first-order valence-corrected chi connectivity index (χ1v) is 8.37. The molecule has 0 radical (unpaired) electrons. The Balaban J connectivity index is 1.72. The van der Waals surface area contributed by atoms with E-state index in [1.165, 1.54) is 0 Å². The summed E-state index contributed by atoms with van der Waals surface area (Å²) in [5, 5.41) is 10.8. The largest absolute Gasteiger partial charge is 0.468 e. The molecule has 1 aliphatic rings. The molecule has 6 nitrogen and oxygen atoms in total. The number of nitrogens with two attached hydrogens (primary N) is 1. The first-order chi connectivity index (χ1) is 11.6. The Morgan fingerprint density at radius 2 is 1.83 bits per heavy atom. The fraction of sp³-hybridized carbons (Fsp3) is 0.444. The zero-order valence-electron chi connectivity index (χ0n) is 13.6. The van der Waals surface area contributed by atoms with E-state index in [2.05, 4.69) is 4.90 Å². The van der Waals surface area contributed by atoms with Crippen LogP contribution in [0.2, 0.25) is 0 Å². The second-order valence-corrected chi connectivity index (χ2v) is 6.48. The van der Waals surface area contributed by atoms with E-state index in [0.717, 1.165) is 50.1 Å². The van der Waals surface area contributed by atoms with Gasteiger partial charge < -0.3 is 10.2 Å². The van der Waals surface area contributed by atoms with E-state index in [1.807, 2.05) is 24.3 Å². The average Bonchev–Trinajstić information content (AvgIpc) is 3.08. The average molecular weight is 329 g/mol. The van der Waals surface area contributed by atoms with E-state index in [9.17, 15) is 10.1 Å². The highest BCUT2D eigenvalue weighted by atomic mass is 16.6. The van der Waals surface area contributed by atoms with E-state index < -0.39 is 0 Å². The maximum absolute atomic E-state index is 10.8. The number of nitrogens with zero attached hydrogens (tertiary/aromatic N) is 2. The van der Waals surface area contributed by atoms with Crippen molar-refractivity contribution in [2.24, 2.45) is 5.73 Å². The number of hydrogen-bond acceptors (Lipinski definition) is 5. The molecule has 0 spiro atoms. The third-order valence-electron chi connectivity index (χ3n) is 4.73. The number of benzene rings is 1. The van der Waals surface area contributed by atoms with Crippen LogP contribution in [0.5, 0.6) is 0 Å². The minimum absolute atomic E-state index is 0.125. The molecule has 2 N–H and O–H groups in total. The third kappa shape index (κ3) is 4.21. The SMILES string of the molecule is NC1CCC(N(Cc2ccc([N+](=O)[O-])cc2)Cc2ccco2)CC1. The lowest BCUT2D eigenvalue weighted by Crippen LogP contribution is -2.40. The van der Waals surface area contributed by atoms with E-state index >= 15 is 0 Å². The van der Waals surface area contributed by atoms with Gasteiger partial charge in [0.2, 0.25) is 0 Å². The molecule has 1 aromatic carbocycles. The maximum atomic E-state index is 10.8. The maximum Gasteiger partial charge on any atom is 0.269 e. The van der Waals surface area contributed by atoms with Crippen LogP contribution < -0.4 is 5.73 Å². The normalized spacial score (nSPS) is 21.1. The van der Waals surface area contributed by atoms with E-state index in [1.54, 1.807) is 18.4 Å². The van der Waals surface area contributed by atoms with Gasteiger partial charge in [-0.1, -0.05) is 12.1 Å². The summed E-state index contributed by atoms with van der Waals surface area (Å²) < 4.78 is 5.51. The summed E-state index contributed by atoms with van der Waals surface area (Å²) >= 11 is 0. The summed E-state index contributed by atoms with van der Waals surface area (Å²) in [6, 6.07) is 11.5. The topological polar surface area (TPSA) is 85.5 Å². The molecule has 0 unspecified atom stereocenters. The molecule has 24 heavy (non-hydrogen) atoms. The molecule has 0 saturated heterocycles. The summed E-state index contributed by atoms with van der Waals surface area (Å²) in [6.45, 7) is 1.49. The molecule has 3 rings (SSSR count). The number of nitro benzene ring substituents is 1. The minimum Gasteiger partial charge on any atom is -0.468 e. The molecule has 6 heteroatoms. The summed E-state index contributed by atoms with van der Waals surface area (Å²) in [4.78, 5) is 12.8. The van der Waals surface area contributed by atoms with Crippen molar-refractivity contribution >= 4 is 5.69 Å². The van der Waals surface area contributed by atoms with Crippen molar-refractivity contribution in [3.05, 3.63) is 64.1 Å². The molecule has 128 valence electrons. The lowest BCUT2D eigenvalue weighted by Gasteiger charge is -2.35. The highest BCUT2D eigenvalue weighted by Crippen LogP contribution is 2.26. The molecule has 0 aliphatic heterocycles. The Hall–Kier alpha value is -2.18. The van der Waals surface area contributed by atoms with Crippen LogP contribution in [0.3, 0.4) is 0 Å². The molecule has 0 bridgehead atoms. The Kier molecular flexibility index (Phi) is 5.27. The van der Waals surface area contributed by atoms with Crippen LogP contribution in [0.25, 0.3) is 0 Å². The predicted molar refractivity (Wildman–Crippen MR) is 91.3 cm³/mol. The molecule has 1 aromatic heterocycles. The molecule has 1 fully saturated rings. The number of nitro groups is 1. The van der Waals surface area contributed by atoms with Gasteiger partial charge in [0.1, 0.15) is 5.76 Å². The fourth-order valence-electron chi connectivity index (χ4n) is 3.34. The second kappa shape index (κ2) is 7.59. The Labute approximate surface area is 141 Å². The van der Waals surface area contributed by atoms with Crippen molar-refractivity contribution < 1.29 is 9.34 Å². The summed E-state index contributed by atoms with van der Waals surface area (Å²) in [5.41, 5.74) is 7.23. The van der Waals surface area contributed by atoms with Gasteiger partial charge in [0, 0.05) is 30.8 Å². The van der Waals surface area contributed by atoms with Crippen molar-refractivity contribution in [3.8, 4) is 0 Å². The van der Waals surface area contributed by atoms with Crippen LogP contribution in [-0.4, -0.2) is 21.9 Å². The molecule has 1 aliphatic carbocycles. The van der Waals surface area contributed by atoms with Gasteiger partial charge >= 0.3 is 0 Å². The van der Waals surface area contributed by atoms with Gasteiger partial charge in [-0.2, -0.15) is 0 Å². The fourth-order valence-corrected chi connectivity index (χ4v) is 3.34. The number of furan rings is 1. The predicted octanol–water partition coefficient (Wildman–Crippen LogP) is 3.46. The van der Waals surface area contributed by atoms with Crippen LogP contribution >= 0.6 is 0 Å². The van der Waals surface area contributed by atoms with Gasteiger partial charge in [-0.15, -0.1) is 0 Å². The summed E-state index contributed by atoms with van der Waals surface area (Å²) in [6.07, 6.45) is 5.93. The van der Waals surface area contributed by atoms with E-state index in [0.29, 0.717) is 12.1 Å². The zero-order valence-corrected chi connectivity index (χ0v) is 13.6. The van der Waals surface area contributed by atoms with Crippen LogP contribution in [0.1, 0.15) is 37.0 Å². The molecule has 0 amide bonds. The van der Waals surface area contributed by atoms with Gasteiger partial charge in [-0.05, 0) is 43.4 Å². The van der Waals surface area contributed by atoms with Crippen molar-refractivity contribution in [2.45, 2.75) is 50.9 Å². The van der Waals surface area contributed by atoms with Gasteiger partial charge in [-0.25, -0.2) is 0 Å². The van der Waals surface area contributed by atoms with Crippen molar-refractivity contribution in [3.63, 3.8) is 0 Å². The summed E-state index contributed by atoms with van der Waals surface area (Å²) in [5.74, 6) is 0.937.